The normalized spacial score (nSPS) is 11.5. The van der Waals surface area contributed by atoms with Crippen LogP contribution in [-0.4, -0.2) is 17.9 Å². The molecule has 0 atom stereocenters. The van der Waals surface area contributed by atoms with Crippen molar-refractivity contribution in [1.82, 2.24) is 0 Å². The molecule has 26 heteroatoms. The van der Waals surface area contributed by atoms with Crippen molar-refractivity contribution >= 4 is 66.5 Å². The van der Waals surface area contributed by atoms with Crippen LogP contribution in [0.3, 0.4) is 0 Å². The van der Waals surface area contributed by atoms with Crippen LogP contribution in [0.15, 0.2) is 95.6 Å². The summed E-state index contributed by atoms with van der Waals surface area (Å²) < 4.78 is 302. The first-order chi connectivity index (χ1) is 34.8. The molecule has 0 radical (unpaired) electrons. The van der Waals surface area contributed by atoms with Crippen LogP contribution < -0.4 is 31.2 Å². The summed E-state index contributed by atoms with van der Waals surface area (Å²) in [6.07, 6.45) is -5.47. The topological polar surface area (TPSA) is 47.2 Å². The lowest BCUT2D eigenvalue weighted by Crippen LogP contribution is -2.81. The molecule has 7 aromatic carbocycles. The third-order valence-electron chi connectivity index (χ3n) is 11.3. The van der Waals surface area contributed by atoms with E-state index in [-0.39, 0.29) is 12.3 Å². The van der Waals surface area contributed by atoms with Crippen molar-refractivity contribution in [2.75, 3.05) is 0 Å². The molecule has 1 aromatic heterocycles. The zero-order valence-corrected chi connectivity index (χ0v) is 37.1. The summed E-state index contributed by atoms with van der Waals surface area (Å²) in [5, 5.41) is 1.64. The lowest BCUT2D eigenvalue weighted by atomic mass is 9.12. The first-order valence-corrected chi connectivity index (χ1v) is 20.8. The van der Waals surface area contributed by atoms with Gasteiger partial charge in [0.25, 0.3) is 5.69 Å². The van der Waals surface area contributed by atoms with E-state index in [1.54, 1.807) is 47.2 Å². The summed E-state index contributed by atoms with van der Waals surface area (Å²) in [6.45, 7) is 0.0413. The molecule has 4 nitrogen and oxygen atoms in total. The summed E-state index contributed by atoms with van der Waals surface area (Å²) in [7, 11) is 0. The summed E-state index contributed by atoms with van der Waals surface area (Å²) in [5.41, 5.74) is -13.4. The first-order valence-electron chi connectivity index (χ1n) is 20.0. The standard InChI is InChI=1S/C24BF20.C24H17BrNO3/c26-5-1(6(27)14(35)21(42)13(5)34)25(2-7(28)15(36)22(43)16(37)8(2)29,3-9(30)17(38)23(44)18(39)10(3)31)4-11(32)19(40)24(45)20(41)12(4)33;25-19-10-12-20(13-11-19)29-24(28)23-21-9-5-4-6-17(21)14-15-26(23)16-22(27)18-7-2-1-3-8-18/h;1-15H,16H2/q-1;+1. The Bertz CT molecular complexity index is 3240. The van der Waals surface area contributed by atoms with Crippen molar-refractivity contribution in [3.8, 4) is 5.75 Å². The highest BCUT2D eigenvalue weighted by atomic mass is 79.9. The molecule has 74 heavy (non-hydrogen) atoms. The SMILES string of the molecule is Fc1c(F)c(F)c([B-](c2c(F)c(F)c(F)c(F)c2F)(c2c(F)c(F)c(F)c(F)c2F)c2c(F)c(F)c(F)c(F)c2F)c(F)c1F.O=C(C[n+]1ccc2ccccc2c1C(=O)Oc1ccc(Br)cc1)c1ccccc1. The quantitative estimate of drug-likeness (QED) is 0.0212. The average molecular weight is 1130 g/mol. The van der Waals surface area contributed by atoms with Gasteiger partial charge in [0, 0.05) is 16.1 Å². The minimum absolute atomic E-state index is 0.0413. The number of rotatable bonds is 9. The molecule has 0 spiro atoms. The van der Waals surface area contributed by atoms with Crippen molar-refractivity contribution in [2.45, 2.75) is 6.54 Å². The first kappa shape index (κ1) is 54.0. The van der Waals surface area contributed by atoms with E-state index in [0.717, 1.165) is 15.2 Å². The Morgan fingerprint density at radius 3 is 1.09 bits per heavy atom. The lowest BCUT2D eigenvalue weighted by molar-refractivity contribution is -0.684. The largest absolute Gasteiger partial charge is 0.419 e. The fourth-order valence-corrected chi connectivity index (χ4v) is 8.28. The maximum atomic E-state index is 15.4. The number of hydrogen-bond donors (Lipinski definition) is 0. The van der Waals surface area contributed by atoms with E-state index in [4.69, 9.17) is 4.74 Å². The second-order valence-electron chi connectivity index (χ2n) is 15.3. The van der Waals surface area contributed by atoms with Crippen LogP contribution in [0.1, 0.15) is 20.8 Å². The van der Waals surface area contributed by atoms with E-state index in [0.29, 0.717) is 17.0 Å². The van der Waals surface area contributed by atoms with E-state index >= 15 is 35.1 Å². The molecule has 0 saturated carbocycles. The van der Waals surface area contributed by atoms with Crippen LogP contribution in [0.25, 0.3) is 10.8 Å². The molecule has 382 valence electrons. The van der Waals surface area contributed by atoms with Gasteiger partial charge in [-0.2, -0.15) is 4.57 Å². The molecular weight excluding hydrogens is 1110 g/mol. The Labute approximate surface area is 407 Å². The Hall–Kier alpha value is -7.77. The third-order valence-corrected chi connectivity index (χ3v) is 11.8. The molecule has 8 rings (SSSR count). The van der Waals surface area contributed by atoms with Gasteiger partial charge in [-0.1, -0.05) is 64.5 Å². The molecule has 8 aromatic rings. The van der Waals surface area contributed by atoms with E-state index in [9.17, 15) is 62.3 Å². The number of benzene rings is 7. The van der Waals surface area contributed by atoms with E-state index in [1.807, 2.05) is 48.5 Å². The van der Waals surface area contributed by atoms with Gasteiger partial charge >= 0.3 is 5.97 Å². The van der Waals surface area contributed by atoms with E-state index in [2.05, 4.69) is 15.9 Å². The number of nitrogens with zero attached hydrogens (tertiary/aromatic N) is 1. The van der Waals surface area contributed by atoms with Gasteiger partial charge < -0.3 is 4.74 Å². The fraction of sp³-hybridized carbons (Fsp3) is 0.0208. The number of Topliss-reactive ketones (excluding diaryl/α,β-unsaturated/α-hetero) is 1. The number of carbonyl (C=O) groups excluding carboxylic acids is 2. The van der Waals surface area contributed by atoms with Crippen LogP contribution in [0, 0.1) is 116 Å². The van der Waals surface area contributed by atoms with E-state index < -0.39 is 150 Å². The maximum absolute atomic E-state index is 15.4. The van der Waals surface area contributed by atoms with Gasteiger partial charge in [0.1, 0.15) is 58.4 Å². The lowest BCUT2D eigenvalue weighted by Gasteiger charge is -2.44. The number of aromatic nitrogens is 1. The van der Waals surface area contributed by atoms with Crippen molar-refractivity contribution in [2.24, 2.45) is 0 Å². The summed E-state index contributed by atoms with van der Waals surface area (Å²) in [6, 6.07) is 25.5. The highest BCUT2D eigenvalue weighted by Crippen LogP contribution is 2.31. The molecule has 0 N–H and O–H groups in total. The second kappa shape index (κ2) is 20.6. The predicted octanol–water partition coefficient (Wildman–Crippen LogP) is 10.8. The van der Waals surface area contributed by atoms with Gasteiger partial charge in [-0.05, 0) is 35.7 Å². The monoisotopic (exact) mass is 1130 g/mol. The number of esters is 1. The van der Waals surface area contributed by atoms with Crippen LogP contribution in [0.2, 0.25) is 0 Å². The zero-order chi connectivity index (χ0) is 54.6. The number of ether oxygens (including phenoxy) is 1. The van der Waals surface area contributed by atoms with Crippen LogP contribution in [0.5, 0.6) is 5.75 Å². The summed E-state index contributed by atoms with van der Waals surface area (Å²) in [5.74, 6) is -71.6. The van der Waals surface area contributed by atoms with Crippen LogP contribution in [-0.2, 0) is 6.54 Å². The van der Waals surface area contributed by atoms with Gasteiger partial charge in [0.15, 0.2) is 76.0 Å². The maximum Gasteiger partial charge on any atom is 0.409 e. The molecule has 0 bridgehead atoms. The summed E-state index contributed by atoms with van der Waals surface area (Å²) in [4.78, 5) is 25.8. The molecule has 0 unspecified atom stereocenters. The van der Waals surface area contributed by atoms with Gasteiger partial charge in [0.05, 0.1) is 5.39 Å². The van der Waals surface area contributed by atoms with Crippen molar-refractivity contribution in [3.05, 3.63) is 223 Å². The fourth-order valence-electron chi connectivity index (χ4n) is 8.02. The number of fused-ring (bicyclic) bond motifs is 1. The third kappa shape index (κ3) is 8.86. The number of halogens is 21. The van der Waals surface area contributed by atoms with Gasteiger partial charge in [0.2, 0.25) is 12.3 Å². The van der Waals surface area contributed by atoms with Crippen molar-refractivity contribution < 1.29 is 107 Å². The van der Waals surface area contributed by atoms with Gasteiger partial charge in [-0.15, -0.1) is 21.9 Å². The predicted molar refractivity (Wildman–Crippen MR) is 223 cm³/mol. The minimum atomic E-state index is -7.22. The molecule has 0 fully saturated rings. The van der Waals surface area contributed by atoms with E-state index in [1.165, 1.54) is 0 Å². The van der Waals surface area contributed by atoms with Crippen molar-refractivity contribution in [1.29, 1.82) is 0 Å². The number of pyridine rings is 1. The molecule has 0 aliphatic carbocycles. The Morgan fingerprint density at radius 1 is 0.405 bits per heavy atom. The molecular formula is C48H17BBrF20NO3. The zero-order valence-electron chi connectivity index (χ0n) is 35.6. The molecule has 0 amide bonds. The molecule has 0 saturated heterocycles. The number of carbonyl (C=O) groups is 2. The molecule has 0 aliphatic rings. The van der Waals surface area contributed by atoms with Gasteiger partial charge in [-0.3, -0.25) is 4.79 Å². The Balaban J connectivity index is 0.000000237. The molecule has 0 aliphatic heterocycles. The van der Waals surface area contributed by atoms with Gasteiger partial charge in [-0.25, -0.2) is 92.6 Å². The Morgan fingerprint density at radius 2 is 0.730 bits per heavy atom. The van der Waals surface area contributed by atoms with Crippen LogP contribution >= 0.6 is 15.9 Å². The highest BCUT2D eigenvalue weighted by Gasteiger charge is 2.52. The highest BCUT2D eigenvalue weighted by molar-refractivity contribution is 9.10. The molecule has 1 heterocycles. The number of ketones is 1. The smallest absolute Gasteiger partial charge is 0.409 e. The van der Waals surface area contributed by atoms with Crippen molar-refractivity contribution in [3.63, 3.8) is 0 Å². The Kier molecular flexibility index (Phi) is 15.1. The summed E-state index contributed by atoms with van der Waals surface area (Å²) >= 11 is 3.37. The minimum Gasteiger partial charge on any atom is -0.419 e. The van der Waals surface area contributed by atoms with Crippen LogP contribution in [0.4, 0.5) is 87.8 Å². The number of hydrogen-bond acceptors (Lipinski definition) is 3. The second-order valence-corrected chi connectivity index (χ2v) is 16.2. The average Bonchev–Trinajstić information content (AvgIpc) is 3.39.